The molecule has 15 heteroatoms. The number of carboxylic acid groups (broad SMARTS) is 1. The summed E-state index contributed by atoms with van der Waals surface area (Å²) in [5, 5.41) is 11.6. The van der Waals surface area contributed by atoms with Gasteiger partial charge in [0.25, 0.3) is 15.0 Å². The van der Waals surface area contributed by atoms with Crippen molar-refractivity contribution in [2.24, 2.45) is 0 Å². The number of rotatable bonds is 11. The molecule has 1 heterocycles. The number of ether oxygens (including phenoxy) is 2. The Labute approximate surface area is 275 Å². The number of carbonyl (C=O) groups excluding carboxylic acids is 2. The number of aliphatic carboxylic acids is 1. The second-order valence-corrected chi connectivity index (χ2v) is 14.3. The summed E-state index contributed by atoms with van der Waals surface area (Å²) < 4.78 is 60.5. The number of esters is 1. The Kier molecular flexibility index (Phi) is 11.7. The summed E-state index contributed by atoms with van der Waals surface area (Å²) in [6.07, 6.45) is -1.75. The zero-order valence-corrected chi connectivity index (χ0v) is 26.9. The fourth-order valence-corrected chi connectivity index (χ4v) is 6.29. The Balaban J connectivity index is 0.000000427. The van der Waals surface area contributed by atoms with Gasteiger partial charge in [0.05, 0.1) is 21.9 Å². The van der Waals surface area contributed by atoms with Crippen LogP contribution in [0.2, 0.25) is 0 Å². The monoisotopic (exact) mass is 700 g/mol. The molecule has 5 rings (SSSR count). The fourth-order valence-electron chi connectivity index (χ4n) is 4.29. The molecule has 0 spiro atoms. The first-order valence-corrected chi connectivity index (χ1v) is 17.7. The molecule has 0 bridgehead atoms. The highest BCUT2D eigenvalue weighted by atomic mass is 35.7. The molecule has 1 amide bonds. The van der Waals surface area contributed by atoms with E-state index in [0.717, 1.165) is 5.56 Å². The number of fused-ring (bicyclic) bond motifs is 1. The maximum absolute atomic E-state index is 13.0. The van der Waals surface area contributed by atoms with E-state index in [4.69, 9.17) is 25.3 Å². The third kappa shape index (κ3) is 10.4. The van der Waals surface area contributed by atoms with E-state index < -0.39 is 55.5 Å². The Morgan fingerprint density at radius 1 is 0.851 bits per heavy atom. The van der Waals surface area contributed by atoms with Crippen LogP contribution in [-0.2, 0) is 51.2 Å². The van der Waals surface area contributed by atoms with Crippen molar-refractivity contribution < 1.29 is 45.8 Å². The highest BCUT2D eigenvalue weighted by Crippen LogP contribution is 2.32. The molecular weight excluding hydrogens is 672 g/mol. The zero-order chi connectivity index (χ0) is 34.0. The molecule has 4 aromatic rings. The quantitative estimate of drug-likeness (QED) is 0.152. The standard InChI is InChI=1S/C26H24N2O8S.C6H5ClO2S/c29-24(30)15-23-25(31)27-20-13-18(11-12-22(20)36-23)14-21(26(32)35-16-17-7-3-1-4-8-17)28-37(33,34)19-9-5-2-6-10-19;7-10(8,9)6-4-2-1-3-5-6/h1-13,21,23,28H,14-16H2,(H,27,31)(H,29,30);1-5H/t21-,23?;/m0./s1. The van der Waals surface area contributed by atoms with Gasteiger partial charge in [0, 0.05) is 10.7 Å². The van der Waals surface area contributed by atoms with Gasteiger partial charge in [-0.05, 0) is 53.9 Å². The van der Waals surface area contributed by atoms with Crippen LogP contribution in [0, 0.1) is 0 Å². The van der Waals surface area contributed by atoms with E-state index in [2.05, 4.69) is 10.0 Å². The third-order valence-corrected chi connectivity index (χ3v) is 9.40. The van der Waals surface area contributed by atoms with Crippen LogP contribution in [-0.4, -0.2) is 51.9 Å². The first kappa shape index (κ1) is 35.1. The van der Waals surface area contributed by atoms with Gasteiger partial charge in [0.1, 0.15) is 18.4 Å². The molecule has 47 heavy (non-hydrogen) atoms. The lowest BCUT2D eigenvalue weighted by Gasteiger charge is -2.25. The Morgan fingerprint density at radius 2 is 1.43 bits per heavy atom. The first-order chi connectivity index (χ1) is 22.3. The van der Waals surface area contributed by atoms with Crippen LogP contribution in [0.5, 0.6) is 5.75 Å². The number of carboxylic acids is 1. The smallest absolute Gasteiger partial charge is 0.324 e. The molecule has 0 saturated heterocycles. The lowest BCUT2D eigenvalue weighted by molar-refractivity contribution is -0.147. The summed E-state index contributed by atoms with van der Waals surface area (Å²) in [5.41, 5.74) is 1.54. The van der Waals surface area contributed by atoms with Crippen molar-refractivity contribution in [1.82, 2.24) is 4.72 Å². The maximum atomic E-state index is 13.0. The number of hydrogen-bond donors (Lipinski definition) is 3. The highest BCUT2D eigenvalue weighted by molar-refractivity contribution is 8.13. The molecule has 1 aliphatic heterocycles. The van der Waals surface area contributed by atoms with E-state index in [1.54, 1.807) is 72.8 Å². The molecule has 246 valence electrons. The van der Waals surface area contributed by atoms with Gasteiger partial charge in [-0.3, -0.25) is 14.4 Å². The van der Waals surface area contributed by atoms with Crippen LogP contribution < -0.4 is 14.8 Å². The minimum atomic E-state index is -4.05. The van der Waals surface area contributed by atoms with Gasteiger partial charge in [0.2, 0.25) is 10.0 Å². The first-order valence-electron chi connectivity index (χ1n) is 13.9. The normalized spacial score (nSPS) is 14.7. The van der Waals surface area contributed by atoms with Crippen LogP contribution in [0.15, 0.2) is 119 Å². The van der Waals surface area contributed by atoms with Crippen LogP contribution in [0.3, 0.4) is 0 Å². The molecule has 12 nitrogen and oxygen atoms in total. The molecule has 3 N–H and O–H groups in total. The Hall–Kier alpha value is -4.76. The number of anilines is 1. The lowest BCUT2D eigenvalue weighted by Crippen LogP contribution is -2.43. The predicted molar refractivity (Wildman–Crippen MR) is 172 cm³/mol. The van der Waals surface area contributed by atoms with Gasteiger partial charge in [-0.15, -0.1) is 0 Å². The topological polar surface area (TPSA) is 182 Å². The average molecular weight is 701 g/mol. The van der Waals surface area contributed by atoms with Gasteiger partial charge >= 0.3 is 11.9 Å². The SMILES string of the molecule is O=C(O)CC1Oc2ccc(C[C@H](NS(=O)(=O)c3ccccc3)C(=O)OCc3ccccc3)cc2NC1=O.O=S(=O)(Cl)c1ccccc1. The Bertz CT molecular complexity index is 1930. The molecule has 1 aliphatic rings. The second kappa shape index (κ2) is 15.7. The van der Waals surface area contributed by atoms with Crippen molar-refractivity contribution in [1.29, 1.82) is 0 Å². The van der Waals surface area contributed by atoms with Gasteiger partial charge < -0.3 is 19.9 Å². The molecule has 0 aromatic heterocycles. The van der Waals surface area contributed by atoms with Crippen molar-refractivity contribution in [2.45, 2.75) is 41.4 Å². The number of hydrogen-bond acceptors (Lipinski definition) is 9. The van der Waals surface area contributed by atoms with E-state index in [1.807, 2.05) is 6.07 Å². The molecule has 0 aliphatic carbocycles. The maximum Gasteiger partial charge on any atom is 0.324 e. The van der Waals surface area contributed by atoms with Gasteiger partial charge in [-0.25, -0.2) is 16.8 Å². The van der Waals surface area contributed by atoms with E-state index in [0.29, 0.717) is 5.56 Å². The molecule has 1 unspecified atom stereocenters. The third-order valence-electron chi connectivity index (χ3n) is 6.55. The van der Waals surface area contributed by atoms with Crippen molar-refractivity contribution in [3.63, 3.8) is 0 Å². The van der Waals surface area contributed by atoms with Crippen LogP contribution in [0.4, 0.5) is 5.69 Å². The average Bonchev–Trinajstić information content (AvgIpc) is 3.05. The molecular formula is C32H29ClN2O10S2. The van der Waals surface area contributed by atoms with E-state index >= 15 is 0 Å². The summed E-state index contributed by atoms with van der Waals surface area (Å²) in [6.45, 7) is -0.0394. The minimum absolute atomic E-state index is 0.00793. The number of amides is 1. The highest BCUT2D eigenvalue weighted by Gasteiger charge is 2.31. The van der Waals surface area contributed by atoms with E-state index in [-0.39, 0.29) is 34.3 Å². The van der Waals surface area contributed by atoms with Crippen molar-refractivity contribution in [3.05, 3.63) is 120 Å². The predicted octanol–water partition coefficient (Wildman–Crippen LogP) is 4.11. The van der Waals surface area contributed by atoms with E-state index in [1.165, 1.54) is 30.3 Å². The van der Waals surface area contributed by atoms with Gasteiger partial charge in [-0.1, -0.05) is 72.8 Å². The van der Waals surface area contributed by atoms with Crippen molar-refractivity contribution >= 4 is 53.3 Å². The molecule has 0 radical (unpaired) electrons. The fraction of sp³-hybridized carbons (Fsp3) is 0.156. The molecule has 2 atom stereocenters. The summed E-state index contributed by atoms with van der Waals surface area (Å²) in [4.78, 5) is 36.3. The van der Waals surface area contributed by atoms with E-state index in [9.17, 15) is 31.2 Å². The van der Waals surface area contributed by atoms with Crippen molar-refractivity contribution in [2.75, 3.05) is 5.32 Å². The van der Waals surface area contributed by atoms with Crippen molar-refractivity contribution in [3.8, 4) is 5.75 Å². The van der Waals surface area contributed by atoms with Crippen LogP contribution in [0.25, 0.3) is 0 Å². The largest absolute Gasteiger partial charge is 0.481 e. The summed E-state index contributed by atoms with van der Waals surface area (Å²) >= 11 is 0. The number of sulfonamides is 1. The molecule has 0 saturated carbocycles. The molecule has 0 fully saturated rings. The van der Waals surface area contributed by atoms with Gasteiger partial charge in [-0.2, -0.15) is 4.72 Å². The summed E-state index contributed by atoms with van der Waals surface area (Å²) in [7, 11) is -2.55. The zero-order valence-electron chi connectivity index (χ0n) is 24.5. The summed E-state index contributed by atoms with van der Waals surface area (Å²) in [6, 6.07) is 27.9. The van der Waals surface area contributed by atoms with Gasteiger partial charge in [0.15, 0.2) is 6.10 Å². The van der Waals surface area contributed by atoms with Crippen LogP contribution in [0.1, 0.15) is 17.5 Å². The lowest BCUT2D eigenvalue weighted by atomic mass is 10.0. The number of halogens is 1. The molecule has 4 aromatic carbocycles. The number of benzene rings is 4. The minimum Gasteiger partial charge on any atom is -0.481 e. The summed E-state index contributed by atoms with van der Waals surface area (Å²) in [5.74, 6) is -2.30. The van der Waals surface area contributed by atoms with Crippen LogP contribution >= 0.6 is 10.7 Å². The number of carbonyl (C=O) groups is 3. The Morgan fingerprint density at radius 3 is 1.98 bits per heavy atom. The second-order valence-electron chi connectivity index (χ2n) is 10.1. The number of nitrogens with one attached hydrogen (secondary N) is 2.